The first-order chi connectivity index (χ1) is 7.43. The summed E-state index contributed by atoms with van der Waals surface area (Å²) >= 11 is 0. The predicted octanol–water partition coefficient (Wildman–Crippen LogP) is 2.06. The summed E-state index contributed by atoms with van der Waals surface area (Å²) in [5.74, 6) is 0.549. The molecule has 0 aromatic carbocycles. The average molecular weight is 226 g/mol. The van der Waals surface area contributed by atoms with E-state index in [0.717, 1.165) is 5.92 Å². The first-order valence-corrected chi connectivity index (χ1v) is 6.47. The van der Waals surface area contributed by atoms with Gasteiger partial charge in [0.25, 0.3) is 0 Å². The zero-order chi connectivity index (χ0) is 12.2. The highest BCUT2D eigenvalue weighted by molar-refractivity contribution is 5.80. The first-order valence-electron chi connectivity index (χ1n) is 6.47. The molecule has 1 rings (SSSR count). The quantitative estimate of drug-likeness (QED) is 0.754. The molecule has 1 aliphatic rings. The SMILES string of the molecule is CC(NCC(C)(C)C(N)=O)C1CCCCC1. The molecule has 94 valence electrons. The summed E-state index contributed by atoms with van der Waals surface area (Å²) in [6.07, 6.45) is 6.75. The second-order valence-corrected chi connectivity index (χ2v) is 5.82. The minimum atomic E-state index is -0.442. The lowest BCUT2D eigenvalue weighted by Crippen LogP contribution is -2.45. The highest BCUT2D eigenvalue weighted by Crippen LogP contribution is 2.26. The molecular weight excluding hydrogens is 200 g/mol. The van der Waals surface area contributed by atoms with Crippen molar-refractivity contribution in [2.45, 2.75) is 58.9 Å². The van der Waals surface area contributed by atoms with Crippen LogP contribution in [0.5, 0.6) is 0 Å². The summed E-state index contributed by atoms with van der Waals surface area (Å²) < 4.78 is 0. The lowest BCUT2D eigenvalue weighted by Gasteiger charge is -2.31. The van der Waals surface area contributed by atoms with E-state index in [9.17, 15) is 4.79 Å². The number of nitrogens with two attached hydrogens (primary N) is 1. The smallest absolute Gasteiger partial charge is 0.224 e. The van der Waals surface area contributed by atoms with Gasteiger partial charge in [0.05, 0.1) is 5.41 Å². The van der Waals surface area contributed by atoms with Crippen LogP contribution in [0.3, 0.4) is 0 Å². The number of rotatable bonds is 5. The van der Waals surface area contributed by atoms with Crippen molar-refractivity contribution in [1.82, 2.24) is 5.32 Å². The maximum atomic E-state index is 11.2. The van der Waals surface area contributed by atoms with E-state index in [1.165, 1.54) is 32.1 Å². The molecule has 1 fully saturated rings. The molecule has 16 heavy (non-hydrogen) atoms. The molecule has 0 aliphatic heterocycles. The predicted molar refractivity (Wildman–Crippen MR) is 67.0 cm³/mol. The van der Waals surface area contributed by atoms with Gasteiger partial charge in [-0.1, -0.05) is 19.3 Å². The largest absolute Gasteiger partial charge is 0.369 e. The van der Waals surface area contributed by atoms with Crippen molar-refractivity contribution in [3.05, 3.63) is 0 Å². The first kappa shape index (κ1) is 13.5. The van der Waals surface area contributed by atoms with Crippen molar-refractivity contribution < 1.29 is 4.79 Å². The Morgan fingerprint density at radius 3 is 2.44 bits per heavy atom. The summed E-state index contributed by atoms with van der Waals surface area (Å²) in [5, 5.41) is 3.47. The normalized spacial score (nSPS) is 20.7. The molecule has 3 N–H and O–H groups in total. The van der Waals surface area contributed by atoms with Gasteiger partial charge in [-0.2, -0.15) is 0 Å². The lowest BCUT2D eigenvalue weighted by atomic mass is 9.84. The fourth-order valence-corrected chi connectivity index (χ4v) is 2.30. The number of nitrogens with one attached hydrogen (secondary N) is 1. The summed E-state index contributed by atoms with van der Waals surface area (Å²) in [6.45, 7) is 6.71. The zero-order valence-corrected chi connectivity index (χ0v) is 10.9. The van der Waals surface area contributed by atoms with E-state index in [4.69, 9.17) is 5.73 Å². The summed E-state index contributed by atoms with van der Waals surface area (Å²) in [7, 11) is 0. The Kier molecular flexibility index (Phi) is 4.78. The molecule has 3 heteroatoms. The molecule has 0 spiro atoms. The Labute approximate surface area is 99.2 Å². The van der Waals surface area contributed by atoms with Crippen molar-refractivity contribution >= 4 is 5.91 Å². The van der Waals surface area contributed by atoms with Crippen LogP contribution in [-0.2, 0) is 4.79 Å². The highest BCUT2D eigenvalue weighted by Gasteiger charge is 2.27. The third-order valence-electron chi connectivity index (χ3n) is 3.89. The van der Waals surface area contributed by atoms with Crippen molar-refractivity contribution in [1.29, 1.82) is 0 Å². The fourth-order valence-electron chi connectivity index (χ4n) is 2.30. The topological polar surface area (TPSA) is 55.1 Å². The van der Waals surface area contributed by atoms with Gasteiger partial charge in [-0.05, 0) is 39.5 Å². The van der Waals surface area contributed by atoms with Gasteiger partial charge in [0.15, 0.2) is 0 Å². The van der Waals surface area contributed by atoms with Gasteiger partial charge in [0, 0.05) is 12.6 Å². The van der Waals surface area contributed by atoms with Gasteiger partial charge in [0.1, 0.15) is 0 Å². The molecule has 0 aromatic rings. The molecule has 0 heterocycles. The van der Waals surface area contributed by atoms with Crippen molar-refractivity contribution in [3.8, 4) is 0 Å². The number of hydrogen-bond acceptors (Lipinski definition) is 2. The third-order valence-corrected chi connectivity index (χ3v) is 3.89. The fraction of sp³-hybridized carbons (Fsp3) is 0.923. The van der Waals surface area contributed by atoms with Gasteiger partial charge < -0.3 is 11.1 Å². The van der Waals surface area contributed by atoms with Gasteiger partial charge in [-0.3, -0.25) is 4.79 Å². The molecule has 1 saturated carbocycles. The maximum absolute atomic E-state index is 11.2. The van der Waals surface area contributed by atoms with E-state index >= 15 is 0 Å². The molecule has 0 saturated heterocycles. The van der Waals surface area contributed by atoms with Gasteiger partial charge >= 0.3 is 0 Å². The minimum absolute atomic E-state index is 0.226. The zero-order valence-electron chi connectivity index (χ0n) is 10.9. The molecule has 1 amide bonds. The minimum Gasteiger partial charge on any atom is -0.369 e. The van der Waals surface area contributed by atoms with Crippen molar-refractivity contribution in [3.63, 3.8) is 0 Å². The Balaban J connectivity index is 2.33. The van der Waals surface area contributed by atoms with E-state index < -0.39 is 5.41 Å². The summed E-state index contributed by atoms with van der Waals surface area (Å²) in [5.41, 5.74) is 4.91. The number of carbonyl (C=O) groups is 1. The van der Waals surface area contributed by atoms with Crippen LogP contribution in [-0.4, -0.2) is 18.5 Å². The Bertz CT molecular complexity index is 232. The van der Waals surface area contributed by atoms with Crippen LogP contribution in [0.25, 0.3) is 0 Å². The van der Waals surface area contributed by atoms with Gasteiger partial charge in [0.2, 0.25) is 5.91 Å². The van der Waals surface area contributed by atoms with Crippen LogP contribution < -0.4 is 11.1 Å². The highest BCUT2D eigenvalue weighted by atomic mass is 16.1. The molecule has 0 bridgehead atoms. The van der Waals surface area contributed by atoms with Crippen LogP contribution in [0.4, 0.5) is 0 Å². The molecule has 3 nitrogen and oxygen atoms in total. The van der Waals surface area contributed by atoms with E-state index in [1.807, 2.05) is 13.8 Å². The van der Waals surface area contributed by atoms with E-state index in [0.29, 0.717) is 12.6 Å². The van der Waals surface area contributed by atoms with Gasteiger partial charge in [-0.25, -0.2) is 0 Å². The number of carbonyl (C=O) groups excluding carboxylic acids is 1. The second kappa shape index (κ2) is 5.67. The van der Waals surface area contributed by atoms with Crippen LogP contribution in [0.15, 0.2) is 0 Å². The van der Waals surface area contributed by atoms with E-state index in [-0.39, 0.29) is 5.91 Å². The van der Waals surface area contributed by atoms with Crippen molar-refractivity contribution in [2.24, 2.45) is 17.1 Å². The Hall–Kier alpha value is -0.570. The molecule has 0 aromatic heterocycles. The average Bonchev–Trinajstić information content (AvgIpc) is 2.27. The van der Waals surface area contributed by atoms with Crippen molar-refractivity contribution in [2.75, 3.05) is 6.54 Å². The molecule has 1 unspecified atom stereocenters. The molecular formula is C13H26N2O. The lowest BCUT2D eigenvalue weighted by molar-refractivity contribution is -0.125. The van der Waals surface area contributed by atoms with Crippen LogP contribution in [0.1, 0.15) is 52.9 Å². The monoisotopic (exact) mass is 226 g/mol. The standard InChI is InChI=1S/C13H26N2O/c1-10(11-7-5-4-6-8-11)15-9-13(2,3)12(14)16/h10-11,15H,4-9H2,1-3H3,(H2,14,16). The maximum Gasteiger partial charge on any atom is 0.224 e. The Morgan fingerprint density at radius 1 is 1.38 bits per heavy atom. The summed E-state index contributed by atoms with van der Waals surface area (Å²) in [6, 6.07) is 0.499. The Morgan fingerprint density at radius 2 is 1.94 bits per heavy atom. The molecule has 1 aliphatic carbocycles. The molecule has 1 atom stereocenters. The second-order valence-electron chi connectivity index (χ2n) is 5.82. The number of hydrogen-bond donors (Lipinski definition) is 2. The summed E-state index contributed by atoms with van der Waals surface area (Å²) in [4.78, 5) is 11.2. The number of amides is 1. The van der Waals surface area contributed by atoms with Gasteiger partial charge in [-0.15, -0.1) is 0 Å². The van der Waals surface area contributed by atoms with Crippen LogP contribution >= 0.6 is 0 Å². The molecule has 0 radical (unpaired) electrons. The third kappa shape index (κ3) is 3.78. The van der Waals surface area contributed by atoms with E-state index in [1.54, 1.807) is 0 Å². The van der Waals surface area contributed by atoms with Crippen LogP contribution in [0, 0.1) is 11.3 Å². The van der Waals surface area contributed by atoms with Crippen LogP contribution in [0.2, 0.25) is 0 Å². The van der Waals surface area contributed by atoms with E-state index in [2.05, 4.69) is 12.2 Å². The number of primary amides is 1.